The van der Waals surface area contributed by atoms with Gasteiger partial charge in [-0.3, -0.25) is 53.5 Å². The van der Waals surface area contributed by atoms with Crippen LogP contribution in [0, 0.1) is 40.8 Å². The second kappa shape index (κ2) is 38.3. The zero-order valence-electron chi connectivity index (χ0n) is 67.4. The second-order valence-electron chi connectivity index (χ2n) is 30.6. The van der Waals surface area contributed by atoms with Crippen molar-refractivity contribution in [1.29, 1.82) is 0 Å². The van der Waals surface area contributed by atoms with Crippen LogP contribution in [0.5, 0.6) is 5.75 Å². The first kappa shape index (κ1) is 85.8. The van der Waals surface area contributed by atoms with Gasteiger partial charge in [-0.25, -0.2) is 18.5 Å². The number of alkyl halides is 5. The molecule has 4 aliphatic rings. The molecule has 0 unspecified atom stereocenters. The maximum Gasteiger partial charge on any atom is 0.417 e. The molecule has 120 heavy (non-hydrogen) atoms. The van der Waals surface area contributed by atoms with Crippen molar-refractivity contribution in [3.63, 3.8) is 0 Å². The van der Waals surface area contributed by atoms with Crippen LogP contribution in [0.15, 0.2) is 169 Å². The number of hydrogen-bond acceptors (Lipinski definition) is 14. The number of hydrogen-bond donors (Lipinski definition) is 1. The molecule has 4 aliphatic heterocycles. The van der Waals surface area contributed by atoms with Crippen LogP contribution >= 0.6 is 11.6 Å². The van der Waals surface area contributed by atoms with E-state index in [1.807, 2.05) is 103 Å². The van der Waals surface area contributed by atoms with Gasteiger partial charge in [0, 0.05) is 127 Å². The van der Waals surface area contributed by atoms with Crippen molar-refractivity contribution in [3.05, 3.63) is 259 Å². The number of ketones is 4. The number of pyridine rings is 2. The molecule has 6 aromatic heterocycles. The molecule has 0 spiro atoms. The summed E-state index contributed by atoms with van der Waals surface area (Å²) in [6.07, 6.45) is 5.93. The largest absolute Gasteiger partial charge is 0.427 e. The number of Topliss-reactive ketones (excluding diaryl/α,β-unsaturated/α-hetero) is 4. The molecule has 0 radical (unpaired) electrons. The standard InChI is InChI=1S/C24H25ClN2O3.C23H21F3N4O2.C23H22F2N4O.C22H23N5O/c1-16-24(23(29)15-26-12-4-3-5-13-26)21-11-10-20(30-17(2)28)14-22(21)27(16)19-8-6-18(25)7-9-19;1-14-21(20(32)13-29-9-7-18(31)8-10-29)22-19(11-15(12-28-22)23(24,25)26)30(14)17-5-3-16(27-2)4-6-17;1-15-21(20(30)14-28-10-4-3-5-11-28)22-19(12-16(13-27-22)23(24)25)29(15)18-8-6-17(26-2)7-9-18;1-16-22(21(28)15-26-13-5-2-6-14-26)19-7-3-4-8-20(19)27(16)18-11-9-17(10-12-18)24-25-23/h6-11,14H,3-5,12-13,15H2,1-2H3;3-6,11-12,18,31H,7-10,13H2,1H3;6-9,12-13,23H,3-5,10-11,14H2,1H3;3-4,7-12H,2,5-6,13-15H2,1H3. The van der Waals surface area contributed by atoms with Gasteiger partial charge < -0.3 is 28.1 Å². The Bertz CT molecular complexity index is 5930. The molecule has 618 valence electrons. The van der Waals surface area contributed by atoms with Crippen molar-refractivity contribution in [1.82, 2.24) is 47.8 Å². The lowest BCUT2D eigenvalue weighted by Crippen LogP contribution is -2.39. The minimum Gasteiger partial charge on any atom is -0.427 e. The quantitative estimate of drug-likeness (QED) is 0.0116. The number of benzene rings is 6. The number of carbonyl (C=O) groups is 5. The van der Waals surface area contributed by atoms with Crippen molar-refractivity contribution >= 4 is 102 Å². The average molecular weight is 1650 g/mol. The van der Waals surface area contributed by atoms with Gasteiger partial charge in [0.05, 0.1) is 95.2 Å². The molecule has 12 aromatic rings. The highest BCUT2D eigenvalue weighted by atomic mass is 35.5. The number of aromatic nitrogens is 6. The third-order valence-corrected chi connectivity index (χ3v) is 22.8. The molecule has 4 fully saturated rings. The lowest BCUT2D eigenvalue weighted by molar-refractivity contribution is -0.137. The number of aliphatic hydroxyl groups is 1. The fourth-order valence-corrected chi connectivity index (χ4v) is 16.9. The minimum absolute atomic E-state index is 0.0479. The van der Waals surface area contributed by atoms with Gasteiger partial charge >= 0.3 is 12.1 Å². The first-order valence-corrected chi connectivity index (χ1v) is 40.6. The Hall–Kier alpha value is -12.0. The number of nitrogens with zero attached hydrogens (tertiary/aromatic N) is 15. The van der Waals surface area contributed by atoms with Crippen LogP contribution in [0.2, 0.25) is 5.02 Å². The van der Waals surface area contributed by atoms with Crippen molar-refractivity contribution < 1.29 is 55.8 Å². The smallest absolute Gasteiger partial charge is 0.417 e. The highest BCUT2D eigenvalue weighted by molar-refractivity contribution is 6.30. The summed E-state index contributed by atoms with van der Waals surface area (Å²) in [5, 5.41) is 15.8. The van der Waals surface area contributed by atoms with E-state index < -0.39 is 18.2 Å². The van der Waals surface area contributed by atoms with E-state index in [4.69, 9.17) is 35.0 Å². The van der Waals surface area contributed by atoms with Crippen molar-refractivity contribution in [2.45, 2.75) is 124 Å². The van der Waals surface area contributed by atoms with Gasteiger partial charge in [-0.1, -0.05) is 90.6 Å². The highest BCUT2D eigenvalue weighted by Crippen LogP contribution is 2.39. The van der Waals surface area contributed by atoms with E-state index in [9.17, 15) is 51.0 Å². The van der Waals surface area contributed by atoms with E-state index >= 15 is 0 Å². The molecule has 0 bridgehead atoms. The number of piperidine rings is 4. The van der Waals surface area contributed by atoms with Crippen LogP contribution in [-0.4, -0.2) is 167 Å². The Kier molecular flexibility index (Phi) is 27.4. The zero-order chi connectivity index (χ0) is 85.1. The first-order chi connectivity index (χ1) is 57.8. The molecular formula is C92H91ClF5N15O7. The third kappa shape index (κ3) is 19.5. The van der Waals surface area contributed by atoms with Gasteiger partial charge in [0.25, 0.3) is 6.43 Å². The molecule has 0 atom stereocenters. The highest BCUT2D eigenvalue weighted by Gasteiger charge is 2.35. The number of fused-ring (bicyclic) bond motifs is 4. The van der Waals surface area contributed by atoms with Crippen molar-refractivity contribution in [3.8, 4) is 28.5 Å². The summed E-state index contributed by atoms with van der Waals surface area (Å²) in [4.78, 5) is 90.9. The molecular weight excluding hydrogens is 1560 g/mol. The van der Waals surface area contributed by atoms with Crippen LogP contribution in [0.4, 0.5) is 39.0 Å². The fraction of sp³-hybridized carbons (Fsp3) is 0.337. The maximum absolute atomic E-state index is 13.4. The zero-order valence-corrected chi connectivity index (χ0v) is 68.1. The number of ether oxygens (including phenoxy) is 1. The van der Waals surface area contributed by atoms with Gasteiger partial charge in [-0.2, -0.15) is 13.2 Å². The molecule has 0 aliphatic carbocycles. The van der Waals surface area contributed by atoms with Crippen LogP contribution in [0.25, 0.3) is 86.8 Å². The van der Waals surface area contributed by atoms with Gasteiger partial charge in [-0.05, 0) is 215 Å². The number of rotatable bonds is 19. The van der Waals surface area contributed by atoms with Gasteiger partial charge in [0.15, 0.2) is 34.5 Å². The summed E-state index contributed by atoms with van der Waals surface area (Å²) in [5.41, 5.74) is 20.5. The number of halogens is 6. The predicted molar refractivity (Wildman–Crippen MR) is 455 cm³/mol. The van der Waals surface area contributed by atoms with Crippen LogP contribution in [0.3, 0.4) is 0 Å². The number of likely N-dealkylation sites (tertiary alicyclic amines) is 4. The molecule has 28 heteroatoms. The summed E-state index contributed by atoms with van der Waals surface area (Å²) >= 11 is 6.08. The lowest BCUT2D eigenvalue weighted by Gasteiger charge is -2.28. The Morgan fingerprint density at radius 1 is 0.508 bits per heavy atom. The molecule has 6 aromatic carbocycles. The monoisotopic (exact) mass is 1650 g/mol. The summed E-state index contributed by atoms with van der Waals surface area (Å²) in [5.74, 6) is 0.100. The van der Waals surface area contributed by atoms with Crippen LogP contribution < -0.4 is 4.74 Å². The Balaban J connectivity index is 0.000000138. The summed E-state index contributed by atoms with van der Waals surface area (Å²) in [7, 11) is 0. The third-order valence-electron chi connectivity index (χ3n) is 22.5. The maximum atomic E-state index is 13.4. The molecule has 0 saturated carbocycles. The Morgan fingerprint density at radius 3 is 1.34 bits per heavy atom. The summed E-state index contributed by atoms with van der Waals surface area (Å²) < 4.78 is 79.6. The van der Waals surface area contributed by atoms with Crippen LogP contribution in [-0.2, 0) is 11.0 Å². The molecule has 4 saturated heterocycles. The van der Waals surface area contributed by atoms with Crippen molar-refractivity contribution in [2.24, 2.45) is 5.11 Å². The average Bonchev–Trinajstić information content (AvgIpc) is 1.64. The van der Waals surface area contributed by atoms with E-state index in [2.05, 4.69) is 49.0 Å². The number of aliphatic hydroxyl groups excluding tert-OH is 1. The van der Waals surface area contributed by atoms with E-state index in [1.54, 1.807) is 82.8 Å². The van der Waals surface area contributed by atoms with E-state index in [0.29, 0.717) is 113 Å². The van der Waals surface area contributed by atoms with Gasteiger partial charge in [-0.15, -0.1) is 0 Å². The second-order valence-corrected chi connectivity index (χ2v) is 31.1. The minimum atomic E-state index is -4.57. The number of esters is 1. The molecule has 22 nitrogen and oxygen atoms in total. The van der Waals surface area contributed by atoms with Crippen molar-refractivity contribution in [2.75, 3.05) is 78.5 Å². The normalized spacial score (nSPS) is 15.1. The fourth-order valence-electron chi connectivity index (χ4n) is 16.8. The van der Waals surface area contributed by atoms with Crippen LogP contribution in [0.1, 0.15) is 159 Å². The van der Waals surface area contributed by atoms with Gasteiger partial charge in [0.1, 0.15) is 5.75 Å². The molecule has 0 amide bonds. The summed E-state index contributed by atoms with van der Waals surface area (Å²) in [6, 6.07) is 44.1. The number of carbonyl (C=O) groups excluding carboxylic acids is 5. The SMILES string of the molecule is CC(=O)Oc1ccc2c(C(=O)CN3CCCCC3)c(C)n(-c3ccc(Cl)cc3)c2c1.Cc1c(C(=O)CN2CCCCC2)c2ccccc2n1-c1ccc(N=[N+]=[N-])cc1.[C-]#[N+]c1ccc(-n2c(C)c(C(=O)CN3CCC(O)CC3)c3ncc(C(F)(F)F)cc32)cc1.[C-]#[N+]c1ccc(-n2c(C)c(C(=O)CN3CCCCC3)c3ncc(C(F)F)cc32)cc1. The number of para-hydroxylation sites is 1. The van der Waals surface area contributed by atoms with E-state index in [-0.39, 0.29) is 63.9 Å². The lowest BCUT2D eigenvalue weighted by atomic mass is 10.0. The van der Waals surface area contributed by atoms with E-state index in [1.165, 1.54) is 45.1 Å². The predicted octanol–water partition coefficient (Wildman–Crippen LogP) is 20.8. The Labute approximate surface area is 696 Å². The van der Waals surface area contributed by atoms with E-state index in [0.717, 1.165) is 139 Å². The molecule has 10 heterocycles. The Morgan fingerprint density at radius 2 is 0.900 bits per heavy atom. The first-order valence-electron chi connectivity index (χ1n) is 40.2. The topological polar surface area (TPSA) is 231 Å². The molecule has 16 rings (SSSR count). The molecule has 1 N–H and O–H groups in total. The summed E-state index contributed by atoms with van der Waals surface area (Å²) in [6.45, 7) is 31.3. The number of azide groups is 1. The van der Waals surface area contributed by atoms with Gasteiger partial charge in [0.2, 0.25) is 0 Å².